The van der Waals surface area contributed by atoms with Crippen molar-refractivity contribution in [3.63, 3.8) is 0 Å². The van der Waals surface area contributed by atoms with Gasteiger partial charge < -0.3 is 15.2 Å². The summed E-state index contributed by atoms with van der Waals surface area (Å²) in [5, 5.41) is 5.18. The molecule has 2 heterocycles. The second kappa shape index (κ2) is 5.60. The van der Waals surface area contributed by atoms with Crippen LogP contribution in [0.2, 0.25) is 0 Å². The highest BCUT2D eigenvalue weighted by Gasteiger charge is 2.06. The molecule has 5 nitrogen and oxygen atoms in total. The van der Waals surface area contributed by atoms with Crippen LogP contribution in [-0.4, -0.2) is 41.5 Å². The molecule has 0 aliphatic rings. The van der Waals surface area contributed by atoms with Crippen molar-refractivity contribution in [3.8, 4) is 0 Å². The molecule has 0 amide bonds. The van der Waals surface area contributed by atoms with Crippen molar-refractivity contribution in [2.75, 3.05) is 20.6 Å². The van der Waals surface area contributed by atoms with E-state index in [1.807, 2.05) is 25.5 Å². The van der Waals surface area contributed by atoms with Crippen molar-refractivity contribution in [2.24, 2.45) is 0 Å². The fourth-order valence-corrected chi connectivity index (χ4v) is 2.31. The van der Waals surface area contributed by atoms with E-state index in [1.54, 1.807) is 0 Å². The van der Waals surface area contributed by atoms with E-state index in [4.69, 9.17) is 0 Å². The lowest BCUT2D eigenvalue weighted by Gasteiger charge is -2.19. The lowest BCUT2D eigenvalue weighted by molar-refractivity contribution is 0.302. The third-order valence-electron chi connectivity index (χ3n) is 2.98. The summed E-state index contributed by atoms with van der Waals surface area (Å²) in [5.41, 5.74) is 0.730. The lowest BCUT2D eigenvalue weighted by Crippen LogP contribution is -2.35. The standard InChI is InChI=1S/C12H18N4OS/c1-8(16(2)3)6-13-7-10-14-9-4-5-18-11(9)12(17)15-10/h4-5,8,13H,6-7H2,1-3H3,(H,14,15,17). The van der Waals surface area contributed by atoms with Gasteiger partial charge in [-0.15, -0.1) is 11.3 Å². The van der Waals surface area contributed by atoms with Gasteiger partial charge in [-0.05, 0) is 32.5 Å². The van der Waals surface area contributed by atoms with Gasteiger partial charge in [0.25, 0.3) is 5.56 Å². The molecule has 0 aromatic carbocycles. The van der Waals surface area contributed by atoms with Crippen LogP contribution >= 0.6 is 11.3 Å². The summed E-state index contributed by atoms with van der Waals surface area (Å²) in [6.45, 7) is 3.59. The average Bonchev–Trinajstić information content (AvgIpc) is 2.77. The molecule has 0 fully saturated rings. The summed E-state index contributed by atoms with van der Waals surface area (Å²) in [6.07, 6.45) is 0. The molecule has 0 aliphatic carbocycles. The minimum Gasteiger partial charge on any atom is -0.308 e. The van der Waals surface area contributed by atoms with E-state index in [1.165, 1.54) is 11.3 Å². The number of rotatable bonds is 5. The number of fused-ring (bicyclic) bond motifs is 1. The van der Waals surface area contributed by atoms with Crippen LogP contribution in [0.3, 0.4) is 0 Å². The maximum atomic E-state index is 11.7. The second-order valence-electron chi connectivity index (χ2n) is 4.59. The van der Waals surface area contributed by atoms with Crippen molar-refractivity contribution in [1.29, 1.82) is 0 Å². The SMILES string of the molecule is CC(CNCc1nc2ccsc2c(=O)[nH]1)N(C)C. The number of hydrogen-bond acceptors (Lipinski definition) is 5. The Morgan fingerprint density at radius 1 is 1.56 bits per heavy atom. The maximum Gasteiger partial charge on any atom is 0.268 e. The summed E-state index contributed by atoms with van der Waals surface area (Å²) in [5.74, 6) is 0.692. The van der Waals surface area contributed by atoms with Gasteiger partial charge in [0, 0.05) is 12.6 Å². The Hall–Kier alpha value is -1.24. The van der Waals surface area contributed by atoms with Crippen LogP contribution in [0, 0.1) is 0 Å². The van der Waals surface area contributed by atoms with Crippen LogP contribution in [0.5, 0.6) is 0 Å². The van der Waals surface area contributed by atoms with Gasteiger partial charge in [0.15, 0.2) is 0 Å². The van der Waals surface area contributed by atoms with Crippen molar-refractivity contribution < 1.29 is 0 Å². The molecular formula is C12H18N4OS. The fourth-order valence-electron chi connectivity index (χ4n) is 1.59. The quantitative estimate of drug-likeness (QED) is 0.848. The minimum absolute atomic E-state index is 0.0486. The molecule has 0 bridgehead atoms. The molecule has 0 saturated carbocycles. The molecule has 0 radical (unpaired) electrons. The molecule has 1 atom stereocenters. The number of aromatic nitrogens is 2. The number of likely N-dealkylation sites (N-methyl/N-ethyl adjacent to an activating group) is 1. The Kier molecular flexibility index (Phi) is 4.11. The maximum absolute atomic E-state index is 11.7. The zero-order valence-electron chi connectivity index (χ0n) is 10.9. The highest BCUT2D eigenvalue weighted by atomic mass is 32.1. The topological polar surface area (TPSA) is 61.0 Å². The van der Waals surface area contributed by atoms with E-state index in [9.17, 15) is 4.79 Å². The van der Waals surface area contributed by atoms with Crippen molar-refractivity contribution in [2.45, 2.75) is 19.5 Å². The summed E-state index contributed by atoms with van der Waals surface area (Å²) in [7, 11) is 4.09. The first kappa shape index (κ1) is 13.2. The van der Waals surface area contributed by atoms with Crippen LogP contribution in [-0.2, 0) is 6.54 Å². The van der Waals surface area contributed by atoms with Gasteiger partial charge >= 0.3 is 0 Å². The van der Waals surface area contributed by atoms with Crippen LogP contribution in [0.4, 0.5) is 0 Å². The zero-order valence-corrected chi connectivity index (χ0v) is 11.7. The van der Waals surface area contributed by atoms with Crippen molar-refractivity contribution in [1.82, 2.24) is 20.2 Å². The van der Waals surface area contributed by atoms with Crippen molar-refractivity contribution >= 4 is 21.6 Å². The largest absolute Gasteiger partial charge is 0.308 e. The predicted octanol–water partition coefficient (Wildman–Crippen LogP) is 1.02. The number of nitrogens with one attached hydrogen (secondary N) is 2. The fraction of sp³-hybridized carbons (Fsp3) is 0.500. The Balaban J connectivity index is 2.02. The van der Waals surface area contributed by atoms with Crippen LogP contribution in [0.1, 0.15) is 12.7 Å². The monoisotopic (exact) mass is 266 g/mol. The Morgan fingerprint density at radius 3 is 3.06 bits per heavy atom. The van der Waals surface area contributed by atoms with E-state index in [0.717, 1.165) is 12.1 Å². The number of nitrogens with zero attached hydrogens (tertiary/aromatic N) is 2. The average molecular weight is 266 g/mol. The van der Waals surface area contributed by atoms with E-state index in [-0.39, 0.29) is 5.56 Å². The van der Waals surface area contributed by atoms with E-state index < -0.39 is 0 Å². The third-order valence-corrected chi connectivity index (χ3v) is 3.88. The zero-order chi connectivity index (χ0) is 13.1. The molecule has 2 N–H and O–H groups in total. The first-order valence-corrected chi connectivity index (χ1v) is 6.79. The predicted molar refractivity (Wildman–Crippen MR) is 75.1 cm³/mol. The second-order valence-corrected chi connectivity index (χ2v) is 5.51. The molecule has 2 rings (SSSR count). The Bertz CT molecular complexity index is 575. The highest BCUT2D eigenvalue weighted by molar-refractivity contribution is 7.17. The molecular weight excluding hydrogens is 248 g/mol. The summed E-state index contributed by atoms with van der Waals surface area (Å²) >= 11 is 1.42. The molecule has 98 valence electrons. The molecule has 2 aromatic heterocycles. The van der Waals surface area contributed by atoms with Gasteiger partial charge in [0.1, 0.15) is 10.5 Å². The summed E-state index contributed by atoms with van der Waals surface area (Å²) < 4.78 is 0.695. The number of hydrogen-bond donors (Lipinski definition) is 2. The smallest absolute Gasteiger partial charge is 0.268 e. The minimum atomic E-state index is -0.0486. The molecule has 1 unspecified atom stereocenters. The van der Waals surface area contributed by atoms with Gasteiger partial charge in [-0.2, -0.15) is 0 Å². The van der Waals surface area contributed by atoms with Gasteiger partial charge in [0.05, 0.1) is 12.1 Å². The molecule has 6 heteroatoms. The molecule has 18 heavy (non-hydrogen) atoms. The van der Waals surface area contributed by atoms with E-state index in [2.05, 4.69) is 27.1 Å². The van der Waals surface area contributed by atoms with Gasteiger partial charge in [-0.3, -0.25) is 4.79 Å². The Labute approximate surface area is 110 Å². The Morgan fingerprint density at radius 2 is 2.33 bits per heavy atom. The summed E-state index contributed by atoms with van der Waals surface area (Å²) in [6, 6.07) is 2.32. The molecule has 2 aromatic rings. The van der Waals surface area contributed by atoms with Crippen molar-refractivity contribution in [3.05, 3.63) is 27.6 Å². The summed E-state index contributed by atoms with van der Waals surface area (Å²) in [4.78, 5) is 21.1. The van der Waals surface area contributed by atoms with Gasteiger partial charge in [-0.1, -0.05) is 0 Å². The number of aromatic amines is 1. The number of thiophene rings is 1. The first-order valence-electron chi connectivity index (χ1n) is 5.91. The normalized spacial score (nSPS) is 13.3. The van der Waals surface area contributed by atoms with Crippen LogP contribution < -0.4 is 10.9 Å². The first-order chi connectivity index (χ1) is 8.58. The molecule has 0 aliphatic heterocycles. The number of H-pyrrole nitrogens is 1. The van der Waals surface area contributed by atoms with E-state index in [0.29, 0.717) is 23.1 Å². The molecule has 0 saturated heterocycles. The van der Waals surface area contributed by atoms with Gasteiger partial charge in [-0.25, -0.2) is 4.98 Å². The van der Waals surface area contributed by atoms with Gasteiger partial charge in [0.2, 0.25) is 0 Å². The van der Waals surface area contributed by atoms with E-state index >= 15 is 0 Å². The molecule has 0 spiro atoms. The van der Waals surface area contributed by atoms with Crippen LogP contribution in [0.15, 0.2) is 16.2 Å². The third kappa shape index (κ3) is 2.95. The van der Waals surface area contributed by atoms with Crippen LogP contribution in [0.25, 0.3) is 10.2 Å². The highest BCUT2D eigenvalue weighted by Crippen LogP contribution is 2.13. The lowest BCUT2D eigenvalue weighted by atomic mass is 10.3.